The molecule has 0 spiro atoms. The van der Waals surface area contributed by atoms with Gasteiger partial charge in [-0.2, -0.15) is 0 Å². The van der Waals surface area contributed by atoms with Gasteiger partial charge in [0.1, 0.15) is 0 Å². The number of phenolic OH excluding ortho intramolecular Hbond substituents is 2. The molecule has 0 aromatic heterocycles. The molecule has 0 saturated heterocycles. The number of hydrogen-bond acceptors (Lipinski definition) is 8. The van der Waals surface area contributed by atoms with E-state index in [1.54, 1.807) is 36.4 Å². The third-order valence-corrected chi connectivity index (χ3v) is 3.59. The van der Waals surface area contributed by atoms with E-state index in [1.165, 1.54) is 26.6 Å². The standard InChI is InChI=1S/C19H22N2O5.C2H4O2.Mn/c1-25-16-7-3-5-13(18(16)23)9-20-11-15(22)12-21-10-14-6-4-8-17(26-2)19(14)24;1-2(3)4;/h3-10,15,22-24H,11-12H2,1-2H3;1H3,(H,3,4);/q;;+2. The minimum atomic E-state index is -0.833. The second kappa shape index (κ2) is 14.8. The van der Waals surface area contributed by atoms with Gasteiger partial charge in [0.15, 0.2) is 23.0 Å². The number of carbonyl (C=O) groups is 1. The topological polar surface area (TPSA) is 141 Å². The van der Waals surface area contributed by atoms with Crippen LogP contribution < -0.4 is 9.47 Å². The molecule has 4 N–H and O–H groups in total. The first-order valence-corrected chi connectivity index (χ1v) is 8.89. The Labute approximate surface area is 191 Å². The van der Waals surface area contributed by atoms with Crippen molar-refractivity contribution in [1.82, 2.24) is 0 Å². The van der Waals surface area contributed by atoms with Crippen LogP contribution in [-0.4, -0.2) is 72.2 Å². The van der Waals surface area contributed by atoms with E-state index in [9.17, 15) is 15.3 Å². The molecule has 0 atom stereocenters. The van der Waals surface area contributed by atoms with Crippen molar-refractivity contribution in [1.29, 1.82) is 0 Å². The van der Waals surface area contributed by atoms with Gasteiger partial charge in [0, 0.05) is 30.5 Å². The van der Waals surface area contributed by atoms with Gasteiger partial charge >= 0.3 is 17.1 Å². The zero-order valence-electron chi connectivity index (χ0n) is 17.4. The Morgan fingerprint density at radius 1 is 0.935 bits per heavy atom. The summed E-state index contributed by atoms with van der Waals surface area (Å²) in [6, 6.07) is 10.1. The van der Waals surface area contributed by atoms with Crippen molar-refractivity contribution < 1.29 is 51.8 Å². The van der Waals surface area contributed by atoms with E-state index >= 15 is 0 Å². The number of phenols is 2. The van der Waals surface area contributed by atoms with Crippen LogP contribution in [0, 0.1) is 0 Å². The molecular weight excluding hydrogens is 447 g/mol. The third-order valence-electron chi connectivity index (χ3n) is 3.59. The molecule has 2 aromatic carbocycles. The molecule has 0 fully saturated rings. The van der Waals surface area contributed by atoms with E-state index in [-0.39, 0.29) is 41.7 Å². The number of para-hydroxylation sites is 2. The van der Waals surface area contributed by atoms with Crippen molar-refractivity contribution in [2.24, 2.45) is 9.98 Å². The number of aliphatic carboxylic acids is 1. The number of carboxylic acid groups (broad SMARTS) is 1. The van der Waals surface area contributed by atoms with E-state index in [4.69, 9.17) is 19.4 Å². The smallest absolute Gasteiger partial charge is 0.504 e. The van der Waals surface area contributed by atoms with Gasteiger partial charge in [-0.1, -0.05) is 12.1 Å². The molecule has 0 unspecified atom stereocenters. The van der Waals surface area contributed by atoms with Crippen LogP contribution in [0.3, 0.4) is 0 Å². The van der Waals surface area contributed by atoms with Crippen LogP contribution in [-0.2, 0) is 21.9 Å². The van der Waals surface area contributed by atoms with Crippen LogP contribution in [0.15, 0.2) is 46.4 Å². The van der Waals surface area contributed by atoms with Crippen molar-refractivity contribution in [3.05, 3.63) is 47.5 Å². The molecule has 10 heteroatoms. The first-order chi connectivity index (χ1) is 14.3. The van der Waals surface area contributed by atoms with E-state index in [1.807, 2.05) is 0 Å². The zero-order valence-corrected chi connectivity index (χ0v) is 18.6. The molecule has 0 amide bonds. The minimum absolute atomic E-state index is 0. The number of ether oxygens (including phenoxy) is 2. The Hall–Kier alpha value is -3.07. The molecule has 0 bridgehead atoms. The quantitative estimate of drug-likeness (QED) is 0.340. The number of nitrogens with zero attached hydrogens (tertiary/aromatic N) is 2. The largest absolute Gasteiger partial charge is 2.00 e. The molecule has 9 nitrogen and oxygen atoms in total. The van der Waals surface area contributed by atoms with Crippen LogP contribution in [0.4, 0.5) is 0 Å². The first-order valence-electron chi connectivity index (χ1n) is 8.89. The fourth-order valence-corrected chi connectivity index (χ4v) is 2.22. The van der Waals surface area contributed by atoms with E-state index in [0.29, 0.717) is 22.6 Å². The maximum Gasteiger partial charge on any atom is 2.00 e. The summed E-state index contributed by atoms with van der Waals surface area (Å²) >= 11 is 0. The van der Waals surface area contributed by atoms with Crippen LogP contribution >= 0.6 is 0 Å². The normalized spacial score (nSPS) is 11.4. The Morgan fingerprint density at radius 2 is 1.29 bits per heavy atom. The average molecular weight is 473 g/mol. The second-order valence-corrected chi connectivity index (χ2v) is 5.96. The molecule has 2 rings (SSSR count). The molecular formula is C21H26MnN2O7+2. The maximum atomic E-state index is 9.95. The SMILES string of the molecule is CC(=O)O.COc1cccc(C=NCC(O)CN=Cc2cccc(OC)c2O)c1O.[Mn+2]. The van der Waals surface area contributed by atoms with Crippen LogP contribution in [0.2, 0.25) is 0 Å². The van der Waals surface area contributed by atoms with Crippen molar-refractivity contribution in [2.75, 3.05) is 27.3 Å². The van der Waals surface area contributed by atoms with Crippen LogP contribution in [0.1, 0.15) is 18.1 Å². The van der Waals surface area contributed by atoms with Gasteiger partial charge in [0.2, 0.25) is 0 Å². The Bertz CT molecular complexity index is 819. The molecule has 2 aromatic rings. The molecule has 0 saturated carbocycles. The van der Waals surface area contributed by atoms with Gasteiger partial charge in [0.05, 0.1) is 33.4 Å². The number of benzene rings is 2. The Balaban J connectivity index is 0.00000165. The van der Waals surface area contributed by atoms with Crippen molar-refractivity contribution in [3.63, 3.8) is 0 Å². The number of carboxylic acids is 1. The zero-order chi connectivity index (χ0) is 22.5. The maximum absolute atomic E-state index is 9.95. The Morgan fingerprint density at radius 3 is 1.61 bits per heavy atom. The second-order valence-electron chi connectivity index (χ2n) is 5.96. The number of methoxy groups -OCH3 is 2. The van der Waals surface area contributed by atoms with E-state index in [2.05, 4.69) is 9.98 Å². The summed E-state index contributed by atoms with van der Waals surface area (Å²) in [4.78, 5) is 17.2. The van der Waals surface area contributed by atoms with Gasteiger partial charge in [-0.25, -0.2) is 0 Å². The van der Waals surface area contributed by atoms with Crippen LogP contribution in [0.5, 0.6) is 23.0 Å². The summed E-state index contributed by atoms with van der Waals surface area (Å²) in [7, 11) is 2.94. The average Bonchev–Trinajstić information content (AvgIpc) is 2.70. The molecule has 0 aliphatic heterocycles. The fourth-order valence-electron chi connectivity index (χ4n) is 2.22. The summed E-state index contributed by atoms with van der Waals surface area (Å²) in [5, 5.41) is 37.3. The summed E-state index contributed by atoms with van der Waals surface area (Å²) < 4.78 is 10.0. The number of aliphatic hydroxyl groups excluding tert-OH is 1. The van der Waals surface area contributed by atoms with Gasteiger partial charge in [-0.3, -0.25) is 14.8 Å². The molecule has 0 aliphatic carbocycles. The number of hydrogen-bond donors (Lipinski definition) is 4. The van der Waals surface area contributed by atoms with Gasteiger partial charge in [0.25, 0.3) is 5.97 Å². The molecule has 1 radical (unpaired) electrons. The van der Waals surface area contributed by atoms with Crippen molar-refractivity contribution >= 4 is 18.4 Å². The van der Waals surface area contributed by atoms with Gasteiger partial charge in [-0.15, -0.1) is 0 Å². The monoisotopic (exact) mass is 473 g/mol. The number of aliphatic imine (C=N–C) groups is 2. The van der Waals surface area contributed by atoms with Gasteiger partial charge in [-0.05, 0) is 24.3 Å². The summed E-state index contributed by atoms with van der Waals surface area (Å²) in [6.45, 7) is 1.33. The number of aromatic hydroxyl groups is 2. The van der Waals surface area contributed by atoms with E-state index < -0.39 is 12.1 Å². The van der Waals surface area contributed by atoms with Crippen molar-refractivity contribution in [3.8, 4) is 23.0 Å². The summed E-state index contributed by atoms with van der Waals surface area (Å²) in [5.41, 5.74) is 1.00. The summed E-state index contributed by atoms with van der Waals surface area (Å²) in [5.74, 6) is -0.117. The molecule has 0 aliphatic rings. The van der Waals surface area contributed by atoms with Crippen LogP contribution in [0.25, 0.3) is 0 Å². The fraction of sp³-hybridized carbons (Fsp3) is 0.286. The Kier molecular flexibility index (Phi) is 13.4. The first kappa shape index (κ1) is 27.9. The summed E-state index contributed by atoms with van der Waals surface area (Å²) in [6.07, 6.45) is 2.15. The molecule has 31 heavy (non-hydrogen) atoms. The number of rotatable bonds is 8. The van der Waals surface area contributed by atoms with Crippen molar-refractivity contribution in [2.45, 2.75) is 13.0 Å². The third kappa shape index (κ3) is 9.99. The molecule has 0 heterocycles. The van der Waals surface area contributed by atoms with E-state index in [0.717, 1.165) is 6.92 Å². The van der Waals surface area contributed by atoms with Gasteiger partial charge < -0.3 is 29.9 Å². The minimum Gasteiger partial charge on any atom is -0.504 e. The predicted octanol–water partition coefficient (Wildman–Crippen LogP) is 2.10. The number of aliphatic hydroxyl groups is 1. The predicted molar refractivity (Wildman–Crippen MR) is 114 cm³/mol. The molecule has 167 valence electrons.